The highest BCUT2D eigenvalue weighted by molar-refractivity contribution is 7.98. The summed E-state index contributed by atoms with van der Waals surface area (Å²) in [6, 6.07) is 10.6. The molecular weight excluding hydrogens is 314 g/mol. The highest BCUT2D eigenvalue weighted by Gasteiger charge is 2.16. The first-order chi connectivity index (χ1) is 11.8. The third-order valence-electron chi connectivity index (χ3n) is 4.23. The van der Waals surface area contributed by atoms with Crippen LogP contribution in [-0.4, -0.2) is 49.0 Å². The number of benzene rings is 1. The molecule has 1 aromatic rings. The molecule has 0 bridgehead atoms. The van der Waals surface area contributed by atoms with Crippen molar-refractivity contribution in [3.8, 4) is 0 Å². The topological polar surface area (TPSA) is 27.6 Å². The molecule has 1 fully saturated rings. The molecule has 0 amide bonds. The van der Waals surface area contributed by atoms with Gasteiger partial charge in [0.1, 0.15) is 0 Å². The van der Waals surface area contributed by atoms with Gasteiger partial charge in [0.05, 0.1) is 0 Å². The van der Waals surface area contributed by atoms with E-state index >= 15 is 0 Å². The Morgan fingerprint density at radius 1 is 1.21 bits per heavy atom. The van der Waals surface area contributed by atoms with Gasteiger partial charge in [0.15, 0.2) is 5.96 Å². The van der Waals surface area contributed by atoms with Crippen LogP contribution in [0.25, 0.3) is 6.08 Å². The lowest BCUT2D eigenvalue weighted by Crippen LogP contribution is -2.44. The molecule has 1 heterocycles. The van der Waals surface area contributed by atoms with Crippen LogP contribution in [0.5, 0.6) is 0 Å². The normalized spacial score (nSPS) is 15.5. The fraction of sp³-hybridized carbons (Fsp3) is 0.550. The molecular formula is C20H31N3S. The van der Waals surface area contributed by atoms with Crippen LogP contribution < -0.4 is 5.32 Å². The number of hydrogen-bond acceptors (Lipinski definition) is 2. The minimum Gasteiger partial charge on any atom is -0.357 e. The van der Waals surface area contributed by atoms with Crippen molar-refractivity contribution in [1.29, 1.82) is 0 Å². The summed E-state index contributed by atoms with van der Waals surface area (Å²) in [5.41, 5.74) is 2.86. The predicted octanol–water partition coefficient (Wildman–Crippen LogP) is 4.27. The Balaban J connectivity index is 1.85. The molecule has 0 saturated carbocycles. The number of piperidine rings is 1. The van der Waals surface area contributed by atoms with Gasteiger partial charge in [-0.1, -0.05) is 42.0 Å². The van der Waals surface area contributed by atoms with E-state index in [2.05, 4.69) is 59.8 Å². The SMILES string of the molecule is CCNC(=NCCCCSC)N1CCC(=Cc2ccccc2)CC1. The van der Waals surface area contributed by atoms with Crippen LogP contribution in [-0.2, 0) is 0 Å². The van der Waals surface area contributed by atoms with E-state index in [1.807, 2.05) is 11.8 Å². The molecule has 0 unspecified atom stereocenters. The quantitative estimate of drug-likeness (QED) is 0.454. The number of rotatable bonds is 7. The van der Waals surface area contributed by atoms with E-state index < -0.39 is 0 Å². The molecule has 2 rings (SSSR count). The first-order valence-electron chi connectivity index (χ1n) is 9.10. The van der Waals surface area contributed by atoms with Crippen molar-refractivity contribution in [2.45, 2.75) is 32.6 Å². The Bertz CT molecular complexity index is 515. The standard InChI is InChI=1S/C20H31N3S/c1-3-21-20(22-13-7-8-16-24-2)23-14-11-19(12-15-23)17-18-9-5-4-6-10-18/h4-6,9-10,17H,3,7-8,11-16H2,1-2H3,(H,21,22). The third kappa shape index (κ3) is 6.60. The summed E-state index contributed by atoms with van der Waals surface area (Å²) in [5, 5.41) is 3.46. The van der Waals surface area contributed by atoms with Gasteiger partial charge in [-0.15, -0.1) is 0 Å². The average Bonchev–Trinajstić information content (AvgIpc) is 2.62. The molecule has 4 heteroatoms. The number of likely N-dealkylation sites (tertiary alicyclic amines) is 1. The predicted molar refractivity (Wildman–Crippen MR) is 109 cm³/mol. The lowest BCUT2D eigenvalue weighted by molar-refractivity contribution is 0.375. The lowest BCUT2D eigenvalue weighted by atomic mass is 10.0. The maximum atomic E-state index is 4.82. The van der Waals surface area contributed by atoms with Crippen LogP contribution in [0.2, 0.25) is 0 Å². The number of thioether (sulfide) groups is 1. The summed E-state index contributed by atoms with van der Waals surface area (Å²) in [6.45, 7) is 6.15. The number of nitrogens with one attached hydrogen (secondary N) is 1. The Morgan fingerprint density at radius 3 is 2.62 bits per heavy atom. The van der Waals surface area contributed by atoms with Crippen molar-refractivity contribution < 1.29 is 0 Å². The van der Waals surface area contributed by atoms with Gasteiger partial charge in [-0.05, 0) is 50.2 Å². The molecule has 132 valence electrons. The fourth-order valence-electron chi connectivity index (χ4n) is 2.90. The zero-order valence-electron chi connectivity index (χ0n) is 15.1. The molecule has 1 aliphatic rings. The van der Waals surface area contributed by atoms with Gasteiger partial charge >= 0.3 is 0 Å². The Hall–Kier alpha value is -1.42. The van der Waals surface area contributed by atoms with Crippen LogP contribution in [0.3, 0.4) is 0 Å². The second-order valence-electron chi connectivity index (χ2n) is 6.14. The van der Waals surface area contributed by atoms with Gasteiger partial charge in [-0.2, -0.15) is 11.8 Å². The molecule has 1 aliphatic heterocycles. The van der Waals surface area contributed by atoms with Gasteiger partial charge in [0.2, 0.25) is 0 Å². The van der Waals surface area contributed by atoms with E-state index in [4.69, 9.17) is 4.99 Å². The van der Waals surface area contributed by atoms with E-state index in [0.717, 1.165) is 45.0 Å². The number of nitrogens with zero attached hydrogens (tertiary/aromatic N) is 2. The molecule has 3 nitrogen and oxygen atoms in total. The number of unbranched alkanes of at least 4 members (excludes halogenated alkanes) is 1. The highest BCUT2D eigenvalue weighted by Crippen LogP contribution is 2.19. The van der Waals surface area contributed by atoms with Gasteiger partial charge in [-0.25, -0.2) is 0 Å². The zero-order chi connectivity index (χ0) is 17.0. The summed E-state index contributed by atoms with van der Waals surface area (Å²) < 4.78 is 0. The van der Waals surface area contributed by atoms with Gasteiger partial charge in [0.25, 0.3) is 0 Å². The van der Waals surface area contributed by atoms with Crippen molar-refractivity contribution >= 4 is 23.8 Å². The Labute approximate surface area is 151 Å². The second kappa shape index (κ2) is 11.2. The molecule has 24 heavy (non-hydrogen) atoms. The van der Waals surface area contributed by atoms with Gasteiger partial charge < -0.3 is 10.2 Å². The molecule has 0 radical (unpaired) electrons. The van der Waals surface area contributed by atoms with Crippen LogP contribution in [0.15, 0.2) is 40.9 Å². The van der Waals surface area contributed by atoms with Crippen molar-refractivity contribution in [2.75, 3.05) is 38.2 Å². The first kappa shape index (κ1) is 18.9. The third-order valence-corrected chi connectivity index (χ3v) is 4.93. The molecule has 0 aliphatic carbocycles. The maximum Gasteiger partial charge on any atom is 0.193 e. The first-order valence-corrected chi connectivity index (χ1v) is 10.5. The van der Waals surface area contributed by atoms with Crippen molar-refractivity contribution in [2.24, 2.45) is 4.99 Å². The molecule has 0 spiro atoms. The van der Waals surface area contributed by atoms with Crippen LogP contribution >= 0.6 is 11.8 Å². The van der Waals surface area contributed by atoms with Crippen LogP contribution in [0, 0.1) is 0 Å². The minimum absolute atomic E-state index is 0.937. The molecule has 1 N–H and O–H groups in total. The number of hydrogen-bond donors (Lipinski definition) is 1. The van der Waals surface area contributed by atoms with Crippen LogP contribution in [0.1, 0.15) is 38.2 Å². The van der Waals surface area contributed by atoms with Crippen molar-refractivity contribution in [3.63, 3.8) is 0 Å². The summed E-state index contributed by atoms with van der Waals surface area (Å²) in [7, 11) is 0. The van der Waals surface area contributed by atoms with Gasteiger partial charge in [-0.3, -0.25) is 4.99 Å². The molecule has 1 saturated heterocycles. The summed E-state index contributed by atoms with van der Waals surface area (Å²) in [6.07, 6.45) is 9.22. The molecule has 0 aromatic heterocycles. The molecule has 0 atom stereocenters. The Kier molecular flexibility index (Phi) is 8.82. The molecule has 1 aromatic carbocycles. The largest absolute Gasteiger partial charge is 0.357 e. The summed E-state index contributed by atoms with van der Waals surface area (Å²) in [5.74, 6) is 2.34. The minimum atomic E-state index is 0.937. The van der Waals surface area contributed by atoms with E-state index in [0.29, 0.717) is 0 Å². The number of guanidine groups is 1. The monoisotopic (exact) mass is 345 g/mol. The Morgan fingerprint density at radius 2 is 1.96 bits per heavy atom. The van der Waals surface area contributed by atoms with E-state index in [-0.39, 0.29) is 0 Å². The van der Waals surface area contributed by atoms with Crippen molar-refractivity contribution in [3.05, 3.63) is 41.5 Å². The van der Waals surface area contributed by atoms with E-state index in [1.165, 1.54) is 24.2 Å². The maximum absolute atomic E-state index is 4.82. The lowest BCUT2D eigenvalue weighted by Gasteiger charge is -2.31. The smallest absolute Gasteiger partial charge is 0.193 e. The van der Waals surface area contributed by atoms with Gasteiger partial charge in [0, 0.05) is 26.2 Å². The second-order valence-corrected chi connectivity index (χ2v) is 7.12. The van der Waals surface area contributed by atoms with Crippen LogP contribution in [0.4, 0.5) is 0 Å². The average molecular weight is 346 g/mol. The summed E-state index contributed by atoms with van der Waals surface area (Å²) in [4.78, 5) is 7.24. The van der Waals surface area contributed by atoms with Crippen molar-refractivity contribution in [1.82, 2.24) is 10.2 Å². The summed E-state index contributed by atoms with van der Waals surface area (Å²) >= 11 is 1.92. The highest BCUT2D eigenvalue weighted by atomic mass is 32.2. The zero-order valence-corrected chi connectivity index (χ0v) is 15.9. The van der Waals surface area contributed by atoms with E-state index in [9.17, 15) is 0 Å². The number of aliphatic imine (C=N–C) groups is 1. The fourth-order valence-corrected chi connectivity index (χ4v) is 3.40. The van der Waals surface area contributed by atoms with E-state index in [1.54, 1.807) is 5.57 Å².